The SMILES string of the molecule is Cc1ccc(Cn2cnc(NC(=O)c3cnn(C)c3)n2)cc1. The molecule has 3 rings (SSSR count). The molecule has 2 heterocycles. The Labute approximate surface area is 127 Å². The van der Waals surface area contributed by atoms with Crippen molar-refractivity contribution in [1.82, 2.24) is 24.5 Å². The van der Waals surface area contributed by atoms with Gasteiger partial charge in [-0.1, -0.05) is 29.8 Å². The van der Waals surface area contributed by atoms with Gasteiger partial charge in [-0.2, -0.15) is 5.10 Å². The normalized spacial score (nSPS) is 10.6. The van der Waals surface area contributed by atoms with Crippen LogP contribution in [0.1, 0.15) is 21.5 Å². The molecule has 0 unspecified atom stereocenters. The van der Waals surface area contributed by atoms with Crippen LogP contribution >= 0.6 is 0 Å². The molecule has 0 radical (unpaired) electrons. The second kappa shape index (κ2) is 5.80. The first-order chi connectivity index (χ1) is 10.6. The Morgan fingerprint density at radius 2 is 2.05 bits per heavy atom. The molecule has 0 aliphatic carbocycles. The van der Waals surface area contributed by atoms with Crippen molar-refractivity contribution >= 4 is 11.9 Å². The Morgan fingerprint density at radius 3 is 2.73 bits per heavy atom. The first-order valence-corrected chi connectivity index (χ1v) is 6.85. The summed E-state index contributed by atoms with van der Waals surface area (Å²) >= 11 is 0. The number of rotatable bonds is 4. The third kappa shape index (κ3) is 3.20. The molecule has 7 heteroatoms. The highest BCUT2D eigenvalue weighted by Crippen LogP contribution is 2.07. The summed E-state index contributed by atoms with van der Waals surface area (Å²) < 4.78 is 3.25. The van der Waals surface area contributed by atoms with E-state index in [-0.39, 0.29) is 11.9 Å². The topological polar surface area (TPSA) is 77.6 Å². The number of anilines is 1. The van der Waals surface area contributed by atoms with Gasteiger partial charge in [-0.05, 0) is 12.5 Å². The molecule has 0 aliphatic heterocycles. The maximum atomic E-state index is 12.0. The smallest absolute Gasteiger partial charge is 0.261 e. The van der Waals surface area contributed by atoms with Crippen molar-refractivity contribution in [3.8, 4) is 0 Å². The predicted molar refractivity (Wildman–Crippen MR) is 81.5 cm³/mol. The molecule has 0 atom stereocenters. The van der Waals surface area contributed by atoms with Crippen LogP contribution in [0.4, 0.5) is 5.95 Å². The largest absolute Gasteiger partial charge is 0.289 e. The number of carbonyl (C=O) groups excluding carboxylic acids is 1. The van der Waals surface area contributed by atoms with Crippen molar-refractivity contribution < 1.29 is 4.79 Å². The van der Waals surface area contributed by atoms with Crippen LogP contribution in [-0.4, -0.2) is 30.5 Å². The van der Waals surface area contributed by atoms with Crippen molar-refractivity contribution in [2.45, 2.75) is 13.5 Å². The van der Waals surface area contributed by atoms with E-state index in [4.69, 9.17) is 0 Å². The Bertz CT molecular complexity index is 786. The second-order valence-corrected chi connectivity index (χ2v) is 5.11. The molecule has 0 bridgehead atoms. The molecule has 22 heavy (non-hydrogen) atoms. The van der Waals surface area contributed by atoms with Crippen molar-refractivity contribution in [3.05, 3.63) is 59.7 Å². The van der Waals surface area contributed by atoms with Crippen molar-refractivity contribution in [2.24, 2.45) is 7.05 Å². The summed E-state index contributed by atoms with van der Waals surface area (Å²) in [5, 5.41) is 10.9. The molecule has 0 spiro atoms. The van der Waals surface area contributed by atoms with Crippen molar-refractivity contribution in [2.75, 3.05) is 5.32 Å². The number of nitrogens with zero attached hydrogens (tertiary/aromatic N) is 5. The number of hydrogen-bond donors (Lipinski definition) is 1. The van der Waals surface area contributed by atoms with Gasteiger partial charge in [0, 0.05) is 13.2 Å². The molecule has 1 aromatic carbocycles. The van der Waals surface area contributed by atoms with Gasteiger partial charge in [0.1, 0.15) is 6.33 Å². The number of amides is 1. The maximum absolute atomic E-state index is 12.0. The summed E-state index contributed by atoms with van der Waals surface area (Å²) in [6.45, 7) is 2.65. The van der Waals surface area contributed by atoms with Gasteiger partial charge < -0.3 is 0 Å². The third-order valence-electron chi connectivity index (χ3n) is 3.19. The standard InChI is InChI=1S/C15H16N6O/c1-11-3-5-12(6-4-11)8-21-10-16-15(19-21)18-14(22)13-7-17-20(2)9-13/h3-7,9-10H,8H2,1-2H3,(H,18,19,22). The average molecular weight is 296 g/mol. The van der Waals surface area contributed by atoms with Gasteiger partial charge >= 0.3 is 0 Å². The lowest BCUT2D eigenvalue weighted by atomic mass is 10.1. The first kappa shape index (κ1) is 14.0. The van der Waals surface area contributed by atoms with E-state index < -0.39 is 0 Å². The van der Waals surface area contributed by atoms with E-state index in [2.05, 4.69) is 32.6 Å². The van der Waals surface area contributed by atoms with Gasteiger partial charge in [0.2, 0.25) is 5.95 Å². The Morgan fingerprint density at radius 1 is 1.27 bits per heavy atom. The van der Waals surface area contributed by atoms with E-state index in [0.29, 0.717) is 12.1 Å². The van der Waals surface area contributed by atoms with Crippen LogP contribution < -0.4 is 5.32 Å². The average Bonchev–Trinajstić information content (AvgIpc) is 3.11. The van der Waals surface area contributed by atoms with Crippen LogP contribution in [0.15, 0.2) is 43.0 Å². The highest BCUT2D eigenvalue weighted by molar-refractivity contribution is 6.02. The van der Waals surface area contributed by atoms with E-state index >= 15 is 0 Å². The molecular formula is C15H16N6O. The molecule has 1 N–H and O–H groups in total. The number of aryl methyl sites for hydroxylation is 2. The Balaban J connectivity index is 1.66. The van der Waals surface area contributed by atoms with Crippen LogP contribution in [0.2, 0.25) is 0 Å². The Kier molecular flexibility index (Phi) is 3.69. The van der Waals surface area contributed by atoms with E-state index in [1.165, 1.54) is 11.8 Å². The summed E-state index contributed by atoms with van der Waals surface area (Å²) in [6.07, 6.45) is 4.73. The fourth-order valence-corrected chi connectivity index (χ4v) is 2.02. The minimum absolute atomic E-state index is 0.277. The number of benzene rings is 1. The summed E-state index contributed by atoms with van der Waals surface area (Å²) in [7, 11) is 1.76. The summed E-state index contributed by atoms with van der Waals surface area (Å²) in [5.41, 5.74) is 2.81. The summed E-state index contributed by atoms with van der Waals surface area (Å²) in [5.74, 6) is 0.00199. The van der Waals surface area contributed by atoms with Crippen LogP contribution in [0, 0.1) is 6.92 Å². The number of aromatic nitrogens is 5. The zero-order chi connectivity index (χ0) is 15.5. The van der Waals surface area contributed by atoms with Gasteiger partial charge in [-0.25, -0.2) is 9.67 Å². The van der Waals surface area contributed by atoms with Gasteiger partial charge in [0.15, 0.2) is 0 Å². The van der Waals surface area contributed by atoms with Gasteiger partial charge in [0.25, 0.3) is 5.91 Å². The molecule has 0 saturated carbocycles. The molecule has 2 aromatic heterocycles. The summed E-state index contributed by atoms with van der Waals surface area (Å²) in [6, 6.07) is 8.20. The van der Waals surface area contributed by atoms with E-state index in [0.717, 1.165) is 5.56 Å². The van der Waals surface area contributed by atoms with Gasteiger partial charge in [-0.15, -0.1) is 5.10 Å². The minimum atomic E-state index is -0.277. The monoisotopic (exact) mass is 296 g/mol. The first-order valence-electron chi connectivity index (χ1n) is 6.85. The third-order valence-corrected chi connectivity index (χ3v) is 3.19. The lowest BCUT2D eigenvalue weighted by Gasteiger charge is -2.01. The highest BCUT2D eigenvalue weighted by Gasteiger charge is 2.10. The number of carbonyl (C=O) groups is 1. The molecular weight excluding hydrogens is 280 g/mol. The van der Waals surface area contributed by atoms with E-state index in [1.54, 1.807) is 28.9 Å². The molecule has 0 saturated heterocycles. The fraction of sp³-hybridized carbons (Fsp3) is 0.200. The quantitative estimate of drug-likeness (QED) is 0.793. The Hall–Kier alpha value is -2.96. The minimum Gasteiger partial charge on any atom is -0.289 e. The number of hydrogen-bond acceptors (Lipinski definition) is 4. The van der Waals surface area contributed by atoms with Crippen molar-refractivity contribution in [1.29, 1.82) is 0 Å². The predicted octanol–water partition coefficient (Wildman–Crippen LogP) is 1.62. The maximum Gasteiger partial charge on any atom is 0.261 e. The molecule has 7 nitrogen and oxygen atoms in total. The van der Waals surface area contributed by atoms with Crippen LogP contribution in [-0.2, 0) is 13.6 Å². The van der Waals surface area contributed by atoms with E-state index in [9.17, 15) is 4.79 Å². The highest BCUT2D eigenvalue weighted by atomic mass is 16.1. The fourth-order valence-electron chi connectivity index (χ4n) is 2.02. The zero-order valence-corrected chi connectivity index (χ0v) is 12.4. The lowest BCUT2D eigenvalue weighted by Crippen LogP contribution is -2.12. The van der Waals surface area contributed by atoms with Gasteiger partial charge in [-0.3, -0.25) is 14.8 Å². The van der Waals surface area contributed by atoms with Crippen LogP contribution in [0.25, 0.3) is 0 Å². The molecule has 0 fully saturated rings. The molecule has 3 aromatic rings. The van der Waals surface area contributed by atoms with Crippen molar-refractivity contribution in [3.63, 3.8) is 0 Å². The molecule has 0 aliphatic rings. The van der Waals surface area contributed by atoms with Crippen LogP contribution in [0.3, 0.4) is 0 Å². The van der Waals surface area contributed by atoms with E-state index in [1.807, 2.05) is 19.1 Å². The molecule has 112 valence electrons. The van der Waals surface area contributed by atoms with Crippen LogP contribution in [0.5, 0.6) is 0 Å². The second-order valence-electron chi connectivity index (χ2n) is 5.11. The lowest BCUT2D eigenvalue weighted by molar-refractivity contribution is 0.102. The number of nitrogens with one attached hydrogen (secondary N) is 1. The molecule has 1 amide bonds. The summed E-state index contributed by atoms with van der Waals surface area (Å²) in [4.78, 5) is 16.1. The van der Waals surface area contributed by atoms with Gasteiger partial charge in [0.05, 0.1) is 18.3 Å². The zero-order valence-electron chi connectivity index (χ0n) is 12.4.